The molecular formula is C20H30N2O4. The molecule has 1 amide bonds. The molecule has 0 unspecified atom stereocenters. The third-order valence-corrected chi connectivity index (χ3v) is 5.42. The number of rotatable bonds is 9. The first-order chi connectivity index (χ1) is 12.5. The van der Waals surface area contributed by atoms with Gasteiger partial charge >= 0.3 is 5.97 Å². The molecule has 3 N–H and O–H groups in total. The molecule has 6 nitrogen and oxygen atoms in total. The molecule has 0 bridgehead atoms. The molecule has 1 aliphatic rings. The van der Waals surface area contributed by atoms with E-state index in [1.807, 2.05) is 32.0 Å². The van der Waals surface area contributed by atoms with Gasteiger partial charge in [0.2, 0.25) is 5.91 Å². The zero-order valence-corrected chi connectivity index (χ0v) is 15.7. The summed E-state index contributed by atoms with van der Waals surface area (Å²) in [5.41, 5.74) is 1.08. The zero-order valence-electron chi connectivity index (χ0n) is 15.7. The van der Waals surface area contributed by atoms with Gasteiger partial charge in [-0.3, -0.25) is 14.9 Å². The van der Waals surface area contributed by atoms with Gasteiger partial charge in [0.25, 0.3) is 0 Å². The van der Waals surface area contributed by atoms with Gasteiger partial charge in [-0.2, -0.15) is 0 Å². The average molecular weight is 362 g/mol. The summed E-state index contributed by atoms with van der Waals surface area (Å²) < 4.78 is 5.51. The lowest BCUT2D eigenvalue weighted by Crippen LogP contribution is -2.49. The molecule has 2 rings (SSSR count). The molecule has 2 atom stereocenters. The van der Waals surface area contributed by atoms with Crippen molar-refractivity contribution in [3.63, 3.8) is 0 Å². The van der Waals surface area contributed by atoms with E-state index in [-0.39, 0.29) is 23.8 Å². The molecule has 1 heterocycles. The van der Waals surface area contributed by atoms with E-state index >= 15 is 0 Å². The highest BCUT2D eigenvalue weighted by molar-refractivity contribution is 5.80. The standard InChI is InChI=1S/C20H30N2O4/c1-3-15(2)18(19(24)25)21-13-17(23)22-14-20(9-11-26-12-10-20)16-7-5-4-6-8-16/h4-8,15,18,21H,3,9-14H2,1-2H3,(H,22,23)(H,24,25)/t15-,18-/m0/s1. The third kappa shape index (κ3) is 5.29. The van der Waals surface area contributed by atoms with Crippen LogP contribution in [0.2, 0.25) is 0 Å². The minimum absolute atomic E-state index is 0.00266. The van der Waals surface area contributed by atoms with E-state index in [0.717, 1.165) is 19.3 Å². The Morgan fingerprint density at radius 3 is 2.46 bits per heavy atom. The van der Waals surface area contributed by atoms with Crippen LogP contribution >= 0.6 is 0 Å². The molecule has 1 fully saturated rings. The van der Waals surface area contributed by atoms with Crippen molar-refractivity contribution in [3.8, 4) is 0 Å². The Morgan fingerprint density at radius 1 is 1.23 bits per heavy atom. The Morgan fingerprint density at radius 2 is 1.88 bits per heavy atom. The number of carbonyl (C=O) groups excluding carboxylic acids is 1. The molecule has 0 aromatic heterocycles. The maximum atomic E-state index is 12.3. The lowest BCUT2D eigenvalue weighted by molar-refractivity contribution is -0.141. The smallest absolute Gasteiger partial charge is 0.320 e. The maximum Gasteiger partial charge on any atom is 0.320 e. The van der Waals surface area contributed by atoms with E-state index < -0.39 is 12.0 Å². The minimum Gasteiger partial charge on any atom is -0.480 e. The predicted molar refractivity (Wildman–Crippen MR) is 100 cm³/mol. The highest BCUT2D eigenvalue weighted by atomic mass is 16.5. The van der Waals surface area contributed by atoms with Crippen LogP contribution < -0.4 is 10.6 Å². The molecule has 1 aliphatic heterocycles. The van der Waals surface area contributed by atoms with Gasteiger partial charge in [-0.15, -0.1) is 0 Å². The molecule has 0 radical (unpaired) electrons. The Labute approximate surface area is 155 Å². The van der Waals surface area contributed by atoms with Gasteiger partial charge < -0.3 is 15.2 Å². The van der Waals surface area contributed by atoms with Crippen LogP contribution in [0.1, 0.15) is 38.7 Å². The molecule has 0 spiro atoms. The number of hydrogen-bond donors (Lipinski definition) is 3. The zero-order chi connectivity index (χ0) is 19.0. The van der Waals surface area contributed by atoms with Crippen LogP contribution in [-0.4, -0.2) is 49.3 Å². The lowest BCUT2D eigenvalue weighted by atomic mass is 9.74. The summed E-state index contributed by atoms with van der Waals surface area (Å²) in [7, 11) is 0. The van der Waals surface area contributed by atoms with E-state index in [1.165, 1.54) is 5.56 Å². The van der Waals surface area contributed by atoms with Crippen LogP contribution in [0.25, 0.3) is 0 Å². The molecule has 1 aromatic rings. The largest absolute Gasteiger partial charge is 0.480 e. The number of nitrogens with one attached hydrogen (secondary N) is 2. The van der Waals surface area contributed by atoms with Crippen molar-refractivity contribution in [2.45, 2.75) is 44.6 Å². The Kier molecular flexibility index (Phi) is 7.60. The molecule has 6 heteroatoms. The molecule has 0 saturated carbocycles. The van der Waals surface area contributed by atoms with E-state index in [2.05, 4.69) is 22.8 Å². The lowest BCUT2D eigenvalue weighted by Gasteiger charge is -2.38. The summed E-state index contributed by atoms with van der Waals surface area (Å²) in [4.78, 5) is 23.6. The maximum absolute atomic E-state index is 12.3. The van der Waals surface area contributed by atoms with E-state index in [1.54, 1.807) is 0 Å². The fraction of sp³-hybridized carbons (Fsp3) is 0.600. The fourth-order valence-corrected chi connectivity index (χ4v) is 3.42. The second-order valence-electron chi connectivity index (χ2n) is 7.12. The number of amides is 1. The summed E-state index contributed by atoms with van der Waals surface area (Å²) in [6.07, 6.45) is 2.45. The molecule has 0 aliphatic carbocycles. The van der Waals surface area contributed by atoms with Gasteiger partial charge in [-0.05, 0) is 24.3 Å². The first kappa shape index (κ1) is 20.4. The summed E-state index contributed by atoms with van der Waals surface area (Å²) in [6.45, 7) is 5.70. The van der Waals surface area contributed by atoms with Crippen molar-refractivity contribution in [2.24, 2.45) is 5.92 Å². The number of hydrogen-bond acceptors (Lipinski definition) is 4. The average Bonchev–Trinajstić information content (AvgIpc) is 2.67. The number of benzene rings is 1. The van der Waals surface area contributed by atoms with Gasteiger partial charge in [0.1, 0.15) is 6.04 Å². The summed E-state index contributed by atoms with van der Waals surface area (Å²) >= 11 is 0. The van der Waals surface area contributed by atoms with Crippen LogP contribution in [0.3, 0.4) is 0 Å². The van der Waals surface area contributed by atoms with E-state index in [0.29, 0.717) is 19.8 Å². The monoisotopic (exact) mass is 362 g/mol. The molecular weight excluding hydrogens is 332 g/mol. The van der Waals surface area contributed by atoms with Crippen molar-refractivity contribution >= 4 is 11.9 Å². The van der Waals surface area contributed by atoms with Crippen molar-refractivity contribution in [1.82, 2.24) is 10.6 Å². The van der Waals surface area contributed by atoms with Gasteiger partial charge in [0, 0.05) is 25.2 Å². The van der Waals surface area contributed by atoms with Crippen LogP contribution in [0, 0.1) is 5.92 Å². The van der Waals surface area contributed by atoms with Gasteiger partial charge in [0.05, 0.1) is 6.54 Å². The normalized spacial score (nSPS) is 18.7. The predicted octanol–water partition coefficient (Wildman–Crippen LogP) is 1.94. The first-order valence-corrected chi connectivity index (χ1v) is 9.34. The highest BCUT2D eigenvalue weighted by Gasteiger charge is 2.34. The van der Waals surface area contributed by atoms with E-state index in [9.17, 15) is 14.7 Å². The molecule has 144 valence electrons. The summed E-state index contributed by atoms with van der Waals surface area (Å²) in [6, 6.07) is 9.49. The third-order valence-electron chi connectivity index (χ3n) is 5.42. The second kappa shape index (κ2) is 9.69. The fourth-order valence-electron chi connectivity index (χ4n) is 3.42. The summed E-state index contributed by atoms with van der Waals surface area (Å²) in [5.74, 6) is -1.13. The number of ether oxygens (including phenoxy) is 1. The van der Waals surface area contributed by atoms with Crippen LogP contribution in [0.15, 0.2) is 30.3 Å². The Bertz CT molecular complexity index is 585. The minimum atomic E-state index is -0.919. The number of carbonyl (C=O) groups is 2. The number of carboxylic acid groups (broad SMARTS) is 1. The van der Waals surface area contributed by atoms with E-state index in [4.69, 9.17) is 4.74 Å². The Balaban J connectivity index is 1.94. The number of carboxylic acids is 1. The molecule has 1 aromatic carbocycles. The summed E-state index contributed by atoms with van der Waals surface area (Å²) in [5, 5.41) is 15.2. The Hall–Kier alpha value is -1.92. The van der Waals surface area contributed by atoms with Crippen LogP contribution in [0.4, 0.5) is 0 Å². The molecule has 1 saturated heterocycles. The van der Waals surface area contributed by atoms with Crippen LogP contribution in [0.5, 0.6) is 0 Å². The highest BCUT2D eigenvalue weighted by Crippen LogP contribution is 2.34. The van der Waals surface area contributed by atoms with Crippen LogP contribution in [-0.2, 0) is 19.7 Å². The van der Waals surface area contributed by atoms with Gasteiger partial charge in [0.15, 0.2) is 0 Å². The quantitative estimate of drug-likeness (QED) is 0.625. The number of aliphatic carboxylic acids is 1. The molecule has 26 heavy (non-hydrogen) atoms. The van der Waals surface area contributed by atoms with Gasteiger partial charge in [-0.25, -0.2) is 0 Å². The SMILES string of the molecule is CC[C@H](C)[C@H](NCC(=O)NCC1(c2ccccc2)CCOCC1)C(=O)O. The topological polar surface area (TPSA) is 87.7 Å². The first-order valence-electron chi connectivity index (χ1n) is 9.34. The van der Waals surface area contributed by atoms with Crippen molar-refractivity contribution in [3.05, 3.63) is 35.9 Å². The van der Waals surface area contributed by atoms with Gasteiger partial charge in [-0.1, -0.05) is 50.6 Å². The second-order valence-corrected chi connectivity index (χ2v) is 7.12. The van der Waals surface area contributed by atoms with Crippen molar-refractivity contribution in [1.29, 1.82) is 0 Å². The van der Waals surface area contributed by atoms with Crippen molar-refractivity contribution < 1.29 is 19.4 Å². The van der Waals surface area contributed by atoms with Crippen molar-refractivity contribution in [2.75, 3.05) is 26.3 Å².